The highest BCUT2D eigenvalue weighted by Gasteiger charge is 2.67. The monoisotopic (exact) mass is 497 g/mol. The molecule has 1 unspecified atom stereocenters. The number of thiazole rings is 1. The maximum atomic E-state index is 13.9. The number of nitrogens with one attached hydrogen (secondary N) is 1. The lowest BCUT2D eigenvalue weighted by Gasteiger charge is -2.52. The summed E-state index contributed by atoms with van der Waals surface area (Å²) in [6, 6.07) is 22.5. The molecule has 1 amide bonds. The number of methoxy groups -OCH3 is 1. The van der Waals surface area contributed by atoms with Crippen molar-refractivity contribution in [3.05, 3.63) is 111 Å². The van der Waals surface area contributed by atoms with Gasteiger partial charge in [0.05, 0.1) is 18.2 Å². The first-order chi connectivity index (χ1) is 17.4. The summed E-state index contributed by atoms with van der Waals surface area (Å²) in [6.45, 7) is 1.84. The van der Waals surface area contributed by atoms with Crippen LogP contribution < -0.4 is 10.1 Å². The Morgan fingerprint density at radius 3 is 2.25 bits per heavy atom. The zero-order chi connectivity index (χ0) is 25.1. The molecule has 8 heteroatoms. The predicted octanol–water partition coefficient (Wildman–Crippen LogP) is 5.83. The fraction of sp³-hybridized carbons (Fsp3) is 0.214. The van der Waals surface area contributed by atoms with Crippen molar-refractivity contribution < 1.29 is 14.5 Å². The van der Waals surface area contributed by atoms with E-state index in [9.17, 15) is 14.9 Å². The molecule has 0 saturated heterocycles. The van der Waals surface area contributed by atoms with E-state index in [0.717, 1.165) is 28.1 Å². The van der Waals surface area contributed by atoms with E-state index in [0.29, 0.717) is 16.3 Å². The first-order valence-electron chi connectivity index (χ1n) is 11.6. The van der Waals surface area contributed by atoms with Gasteiger partial charge in [-0.25, -0.2) is 4.98 Å². The molecule has 7 rings (SSSR count). The smallest absolute Gasteiger partial charge is 0.273 e. The van der Waals surface area contributed by atoms with Gasteiger partial charge in [0.25, 0.3) is 5.54 Å². The Hall–Kier alpha value is -4.04. The summed E-state index contributed by atoms with van der Waals surface area (Å²) < 4.78 is 5.22. The number of aromatic nitrogens is 1. The van der Waals surface area contributed by atoms with Gasteiger partial charge in [-0.2, -0.15) is 0 Å². The highest BCUT2D eigenvalue weighted by molar-refractivity contribution is 7.14. The van der Waals surface area contributed by atoms with Crippen molar-refractivity contribution in [1.29, 1.82) is 0 Å². The van der Waals surface area contributed by atoms with Crippen LogP contribution in [0.4, 0.5) is 5.13 Å². The number of anilines is 1. The average Bonchev–Trinajstić information content (AvgIpc) is 3.37. The van der Waals surface area contributed by atoms with Crippen LogP contribution in [0.15, 0.2) is 78.2 Å². The molecule has 3 aromatic carbocycles. The Bertz CT molecular complexity index is 1470. The molecule has 1 heterocycles. The molecule has 1 atom stereocenters. The van der Waals surface area contributed by atoms with Crippen LogP contribution in [0.5, 0.6) is 5.75 Å². The molecule has 1 aromatic heterocycles. The van der Waals surface area contributed by atoms with Gasteiger partial charge in [-0.05, 0) is 42.3 Å². The summed E-state index contributed by atoms with van der Waals surface area (Å²) in [4.78, 5) is 31.1. The second kappa shape index (κ2) is 7.99. The van der Waals surface area contributed by atoms with Gasteiger partial charge in [-0.1, -0.05) is 48.5 Å². The molecule has 2 bridgehead atoms. The number of fused-ring (bicyclic) bond motifs is 1. The van der Waals surface area contributed by atoms with Crippen molar-refractivity contribution in [2.45, 2.75) is 24.8 Å². The van der Waals surface area contributed by atoms with E-state index in [1.165, 1.54) is 11.3 Å². The minimum Gasteiger partial charge on any atom is -0.497 e. The van der Waals surface area contributed by atoms with E-state index < -0.39 is 11.0 Å². The summed E-state index contributed by atoms with van der Waals surface area (Å²) in [5.41, 5.74) is 2.17. The average molecular weight is 498 g/mol. The van der Waals surface area contributed by atoms with Crippen LogP contribution in [0.1, 0.15) is 41.5 Å². The molecule has 3 aliphatic carbocycles. The SMILES string of the molecule is COc1ccc(-c2csc(NC(=O)C3(C)CC4([N+](=O)[O-])c5ccccc5C3c3ccccc34)n2)cc1. The molecule has 0 radical (unpaired) electrons. The van der Waals surface area contributed by atoms with Crippen LogP contribution in [-0.4, -0.2) is 22.9 Å². The molecule has 7 nitrogen and oxygen atoms in total. The lowest BCUT2D eigenvalue weighted by atomic mass is 9.49. The van der Waals surface area contributed by atoms with Crippen molar-refractivity contribution in [2.75, 3.05) is 12.4 Å². The summed E-state index contributed by atoms with van der Waals surface area (Å²) >= 11 is 1.33. The van der Waals surface area contributed by atoms with Crippen LogP contribution in [0.25, 0.3) is 11.3 Å². The topological polar surface area (TPSA) is 94.4 Å². The Morgan fingerprint density at radius 2 is 1.67 bits per heavy atom. The number of nitrogens with zero attached hydrogens (tertiary/aromatic N) is 2. The number of nitro groups is 1. The molecule has 0 fully saturated rings. The van der Waals surface area contributed by atoms with Crippen molar-refractivity contribution in [1.82, 2.24) is 4.98 Å². The van der Waals surface area contributed by atoms with Crippen LogP contribution in [0, 0.1) is 15.5 Å². The molecule has 0 spiro atoms. The standard InChI is InChI=1S/C28H23N3O4S/c1-27(25(32)30-26-29-23(15-36-26)17-11-13-18(35-2)14-12-17)16-28(31(33)34)21-9-5-3-7-19(21)24(27)20-8-4-6-10-22(20)28/h3-15,24H,16H2,1-2H3,(H,29,30,32). The van der Waals surface area contributed by atoms with Gasteiger partial charge in [0.15, 0.2) is 5.13 Å². The van der Waals surface area contributed by atoms with E-state index in [2.05, 4.69) is 10.3 Å². The molecule has 4 aromatic rings. The second-order valence-corrected chi connectivity index (χ2v) is 10.4. The third-order valence-electron chi connectivity index (χ3n) is 7.64. The minimum absolute atomic E-state index is 0.0776. The zero-order valence-electron chi connectivity index (χ0n) is 19.7. The Balaban J connectivity index is 1.39. The molecule has 1 N–H and O–H groups in total. The fourth-order valence-electron chi connectivity index (χ4n) is 6.01. The second-order valence-electron chi connectivity index (χ2n) is 9.54. The van der Waals surface area contributed by atoms with E-state index >= 15 is 0 Å². The van der Waals surface area contributed by atoms with Crippen molar-refractivity contribution in [3.63, 3.8) is 0 Å². The van der Waals surface area contributed by atoms with E-state index in [-0.39, 0.29) is 23.2 Å². The normalized spacial score (nSPS) is 23.4. The zero-order valence-corrected chi connectivity index (χ0v) is 20.5. The lowest BCUT2D eigenvalue weighted by Crippen LogP contribution is -2.57. The summed E-state index contributed by atoms with van der Waals surface area (Å²) in [6.07, 6.45) is 0.0776. The summed E-state index contributed by atoms with van der Waals surface area (Å²) in [5.74, 6) is 0.189. The molecule has 36 heavy (non-hydrogen) atoms. The van der Waals surface area contributed by atoms with Gasteiger partial charge in [-0.3, -0.25) is 14.9 Å². The number of rotatable bonds is 5. The number of hydrogen-bond acceptors (Lipinski definition) is 6. The first kappa shape index (κ1) is 22.4. The highest BCUT2D eigenvalue weighted by atomic mass is 32.1. The molecule has 3 aliphatic rings. The van der Waals surface area contributed by atoms with Gasteiger partial charge in [-0.15, -0.1) is 11.3 Å². The van der Waals surface area contributed by atoms with Crippen LogP contribution in [0.2, 0.25) is 0 Å². The Labute approximate surface area is 211 Å². The lowest BCUT2D eigenvalue weighted by molar-refractivity contribution is -0.573. The minimum atomic E-state index is -1.48. The molecule has 0 saturated carbocycles. The number of benzene rings is 3. The molecule has 180 valence electrons. The predicted molar refractivity (Wildman–Crippen MR) is 138 cm³/mol. The van der Waals surface area contributed by atoms with E-state index in [1.807, 2.05) is 85.1 Å². The van der Waals surface area contributed by atoms with Gasteiger partial charge < -0.3 is 10.1 Å². The third kappa shape index (κ3) is 3.04. The molecule has 0 aliphatic heterocycles. The maximum Gasteiger partial charge on any atom is 0.273 e. The van der Waals surface area contributed by atoms with Gasteiger partial charge in [0, 0.05) is 39.3 Å². The van der Waals surface area contributed by atoms with Crippen LogP contribution >= 0.6 is 11.3 Å². The van der Waals surface area contributed by atoms with Gasteiger partial charge in [0.1, 0.15) is 5.75 Å². The van der Waals surface area contributed by atoms with Crippen LogP contribution in [-0.2, 0) is 10.3 Å². The van der Waals surface area contributed by atoms with E-state index in [4.69, 9.17) is 4.74 Å². The third-order valence-corrected chi connectivity index (χ3v) is 8.39. The highest BCUT2D eigenvalue weighted by Crippen LogP contribution is 2.64. The molecular formula is C28H23N3O4S. The van der Waals surface area contributed by atoms with Crippen molar-refractivity contribution in [2.24, 2.45) is 5.41 Å². The van der Waals surface area contributed by atoms with Crippen molar-refractivity contribution in [3.8, 4) is 17.0 Å². The number of hydrogen-bond donors (Lipinski definition) is 1. The van der Waals surface area contributed by atoms with Crippen LogP contribution in [0.3, 0.4) is 0 Å². The quantitative estimate of drug-likeness (QED) is 0.276. The summed E-state index contributed by atoms with van der Waals surface area (Å²) in [7, 11) is 1.61. The van der Waals surface area contributed by atoms with Gasteiger partial charge in [0.2, 0.25) is 5.91 Å². The van der Waals surface area contributed by atoms with Crippen molar-refractivity contribution >= 4 is 22.4 Å². The number of amides is 1. The Morgan fingerprint density at radius 1 is 1.06 bits per heavy atom. The maximum absolute atomic E-state index is 13.9. The number of carbonyl (C=O) groups excluding carboxylic acids is 1. The fourth-order valence-corrected chi connectivity index (χ4v) is 6.73. The largest absolute Gasteiger partial charge is 0.497 e. The first-order valence-corrected chi connectivity index (χ1v) is 12.5. The molecular weight excluding hydrogens is 474 g/mol. The number of carbonyl (C=O) groups is 1. The summed E-state index contributed by atoms with van der Waals surface area (Å²) in [5, 5.41) is 18.1. The van der Waals surface area contributed by atoms with E-state index in [1.54, 1.807) is 7.11 Å². The van der Waals surface area contributed by atoms with Gasteiger partial charge >= 0.3 is 0 Å². The Kier molecular flexibility index (Phi) is 4.98. The number of ether oxygens (including phenoxy) is 1.